The Balaban J connectivity index is 1.33. The lowest BCUT2D eigenvalue weighted by Crippen LogP contribution is -2.42. The number of rotatable bonds is 3. The quantitative estimate of drug-likeness (QED) is 0.904. The van der Waals surface area contributed by atoms with Gasteiger partial charge in [-0.25, -0.2) is 9.97 Å². The second-order valence-corrected chi connectivity index (χ2v) is 7.86. The van der Waals surface area contributed by atoms with Crippen molar-refractivity contribution in [1.29, 1.82) is 0 Å². The van der Waals surface area contributed by atoms with Gasteiger partial charge < -0.3 is 15.0 Å². The Morgan fingerprint density at radius 2 is 2.04 bits per heavy atom. The number of nitrogens with one attached hydrogen (secondary N) is 1. The Morgan fingerprint density at radius 1 is 1.15 bits per heavy atom. The minimum Gasteiger partial charge on any atom is -0.375 e. The lowest BCUT2D eigenvalue weighted by atomic mass is 9.89. The highest BCUT2D eigenvalue weighted by molar-refractivity contribution is 5.68. The summed E-state index contributed by atoms with van der Waals surface area (Å²) in [5, 5.41) is 3.66. The van der Waals surface area contributed by atoms with Gasteiger partial charge in [-0.2, -0.15) is 0 Å². The first kappa shape index (κ1) is 16.1. The number of hydrogen-bond acceptors (Lipinski definition) is 5. The van der Waals surface area contributed by atoms with Crippen LogP contribution >= 0.6 is 0 Å². The molecule has 1 aliphatic carbocycles. The molecule has 136 valence electrons. The van der Waals surface area contributed by atoms with Crippen LogP contribution in [0.5, 0.6) is 0 Å². The number of aromatic nitrogens is 2. The van der Waals surface area contributed by atoms with Gasteiger partial charge in [0.15, 0.2) is 0 Å². The highest BCUT2D eigenvalue weighted by Gasteiger charge is 2.40. The van der Waals surface area contributed by atoms with Crippen molar-refractivity contribution in [2.45, 2.75) is 56.6 Å². The zero-order chi connectivity index (χ0) is 17.4. The molecule has 1 saturated heterocycles. The molecule has 0 amide bonds. The fourth-order valence-electron chi connectivity index (χ4n) is 4.88. The second kappa shape index (κ2) is 6.54. The van der Waals surface area contributed by atoms with Crippen LogP contribution in [0.3, 0.4) is 0 Å². The maximum Gasteiger partial charge on any atom is 0.138 e. The summed E-state index contributed by atoms with van der Waals surface area (Å²) in [4.78, 5) is 11.3. The van der Waals surface area contributed by atoms with Crippen LogP contribution in [0.25, 0.3) is 0 Å². The van der Waals surface area contributed by atoms with E-state index in [0.29, 0.717) is 6.04 Å². The van der Waals surface area contributed by atoms with E-state index in [1.54, 1.807) is 6.33 Å². The number of benzene rings is 1. The van der Waals surface area contributed by atoms with Crippen molar-refractivity contribution in [3.8, 4) is 0 Å². The topological polar surface area (TPSA) is 50.3 Å². The van der Waals surface area contributed by atoms with Crippen molar-refractivity contribution in [2.75, 3.05) is 23.4 Å². The average molecular weight is 350 g/mol. The first-order valence-corrected chi connectivity index (χ1v) is 9.89. The molecule has 5 heteroatoms. The van der Waals surface area contributed by atoms with Gasteiger partial charge in [0.2, 0.25) is 0 Å². The first-order valence-electron chi connectivity index (χ1n) is 9.89. The summed E-state index contributed by atoms with van der Waals surface area (Å²) < 4.78 is 6.16. The fourth-order valence-corrected chi connectivity index (χ4v) is 4.88. The number of hydrogen-bond donors (Lipinski definition) is 1. The van der Waals surface area contributed by atoms with Crippen LogP contribution in [-0.2, 0) is 11.2 Å². The van der Waals surface area contributed by atoms with E-state index in [1.807, 2.05) is 0 Å². The normalized spacial score (nSPS) is 24.0. The number of anilines is 3. The monoisotopic (exact) mass is 350 g/mol. The zero-order valence-corrected chi connectivity index (χ0v) is 15.2. The van der Waals surface area contributed by atoms with Gasteiger partial charge in [0, 0.05) is 30.9 Å². The van der Waals surface area contributed by atoms with Crippen molar-refractivity contribution in [3.63, 3.8) is 0 Å². The maximum atomic E-state index is 6.16. The van der Waals surface area contributed by atoms with Crippen LogP contribution in [-0.4, -0.2) is 34.8 Å². The summed E-state index contributed by atoms with van der Waals surface area (Å²) >= 11 is 0. The molecule has 3 heterocycles. The molecule has 0 bridgehead atoms. The minimum absolute atomic E-state index is 0.125. The van der Waals surface area contributed by atoms with E-state index in [0.717, 1.165) is 44.0 Å². The smallest absolute Gasteiger partial charge is 0.138 e. The van der Waals surface area contributed by atoms with Gasteiger partial charge in [-0.3, -0.25) is 0 Å². The van der Waals surface area contributed by atoms with E-state index in [4.69, 9.17) is 4.74 Å². The molecule has 0 radical (unpaired) electrons. The highest BCUT2D eigenvalue weighted by Crippen LogP contribution is 2.40. The predicted molar refractivity (Wildman–Crippen MR) is 103 cm³/mol. The maximum absolute atomic E-state index is 6.16. The standard InChI is InChI=1S/C21H26N4O/c1-2-6-18-16(5-1)7-11-25(18)20-13-19(22-15-23-20)24-17-8-12-26-21(14-17)9-3-4-10-21/h1-2,5-6,13,15,17H,3-4,7-12,14H2,(H,22,23,24). The minimum atomic E-state index is 0.125. The van der Waals surface area contributed by atoms with E-state index < -0.39 is 0 Å². The molecule has 3 aliphatic rings. The summed E-state index contributed by atoms with van der Waals surface area (Å²) in [6.45, 7) is 1.84. The Hall–Kier alpha value is -2.14. The molecule has 1 aromatic carbocycles. The van der Waals surface area contributed by atoms with Gasteiger partial charge >= 0.3 is 0 Å². The van der Waals surface area contributed by atoms with E-state index in [2.05, 4.69) is 50.5 Å². The lowest BCUT2D eigenvalue weighted by Gasteiger charge is -2.38. The van der Waals surface area contributed by atoms with Crippen LogP contribution in [0.1, 0.15) is 44.1 Å². The average Bonchev–Trinajstić information content (AvgIpc) is 3.29. The Kier molecular flexibility index (Phi) is 4.04. The Bertz CT molecular complexity index is 787. The number of para-hydroxylation sites is 1. The molecule has 1 unspecified atom stereocenters. The highest BCUT2D eigenvalue weighted by atomic mass is 16.5. The molecule has 5 nitrogen and oxygen atoms in total. The summed E-state index contributed by atoms with van der Waals surface area (Å²) in [5.41, 5.74) is 2.79. The predicted octanol–water partition coefficient (Wildman–Crippen LogP) is 4.07. The lowest BCUT2D eigenvalue weighted by molar-refractivity contribution is -0.0767. The van der Waals surface area contributed by atoms with Crippen molar-refractivity contribution in [3.05, 3.63) is 42.2 Å². The molecule has 1 aromatic heterocycles. The molecule has 1 spiro atoms. The van der Waals surface area contributed by atoms with Gasteiger partial charge in [0.25, 0.3) is 0 Å². The number of ether oxygens (including phenoxy) is 1. The molecule has 2 aromatic rings. The van der Waals surface area contributed by atoms with Crippen LogP contribution in [0.15, 0.2) is 36.7 Å². The first-order chi connectivity index (χ1) is 12.8. The van der Waals surface area contributed by atoms with E-state index in [1.165, 1.54) is 36.9 Å². The Labute approximate surface area is 154 Å². The van der Waals surface area contributed by atoms with Crippen LogP contribution in [0.4, 0.5) is 17.3 Å². The molecule has 1 saturated carbocycles. The third-order valence-corrected chi connectivity index (χ3v) is 6.18. The molecule has 2 fully saturated rings. The second-order valence-electron chi connectivity index (χ2n) is 7.86. The summed E-state index contributed by atoms with van der Waals surface area (Å²) in [6, 6.07) is 11.1. The third kappa shape index (κ3) is 2.94. The van der Waals surface area contributed by atoms with Crippen molar-refractivity contribution >= 4 is 17.3 Å². The van der Waals surface area contributed by atoms with E-state index >= 15 is 0 Å². The molecule has 26 heavy (non-hydrogen) atoms. The largest absolute Gasteiger partial charge is 0.375 e. The molecular weight excluding hydrogens is 324 g/mol. The molecule has 2 aliphatic heterocycles. The molecule has 1 N–H and O–H groups in total. The van der Waals surface area contributed by atoms with Gasteiger partial charge in [-0.15, -0.1) is 0 Å². The van der Waals surface area contributed by atoms with Crippen LogP contribution in [0.2, 0.25) is 0 Å². The van der Waals surface area contributed by atoms with Gasteiger partial charge in [-0.1, -0.05) is 31.0 Å². The van der Waals surface area contributed by atoms with Crippen LogP contribution < -0.4 is 10.2 Å². The molecule has 1 atom stereocenters. The van der Waals surface area contributed by atoms with Gasteiger partial charge in [-0.05, 0) is 43.7 Å². The van der Waals surface area contributed by atoms with Crippen molar-refractivity contribution in [1.82, 2.24) is 9.97 Å². The third-order valence-electron chi connectivity index (χ3n) is 6.18. The van der Waals surface area contributed by atoms with Gasteiger partial charge in [0.1, 0.15) is 18.0 Å². The van der Waals surface area contributed by atoms with E-state index in [9.17, 15) is 0 Å². The molecular formula is C21H26N4O. The molecule has 5 rings (SSSR count). The summed E-state index contributed by atoms with van der Waals surface area (Å²) in [6.07, 6.45) is 9.94. The SMILES string of the molecule is c1ccc2c(c1)CCN2c1cc(NC2CCOC3(CCCC3)C2)ncn1. The van der Waals surface area contributed by atoms with Crippen molar-refractivity contribution in [2.24, 2.45) is 0 Å². The number of fused-ring (bicyclic) bond motifs is 1. The summed E-state index contributed by atoms with van der Waals surface area (Å²) in [5.74, 6) is 1.91. The van der Waals surface area contributed by atoms with Crippen molar-refractivity contribution < 1.29 is 4.74 Å². The van der Waals surface area contributed by atoms with E-state index in [-0.39, 0.29) is 5.60 Å². The number of nitrogens with zero attached hydrogens (tertiary/aromatic N) is 3. The Morgan fingerprint density at radius 3 is 2.96 bits per heavy atom. The zero-order valence-electron chi connectivity index (χ0n) is 15.2. The van der Waals surface area contributed by atoms with Crippen LogP contribution in [0, 0.1) is 0 Å². The van der Waals surface area contributed by atoms with Gasteiger partial charge in [0.05, 0.1) is 5.60 Å². The fraction of sp³-hybridized carbons (Fsp3) is 0.524. The summed E-state index contributed by atoms with van der Waals surface area (Å²) in [7, 11) is 0.